The van der Waals surface area contributed by atoms with Crippen molar-refractivity contribution in [2.24, 2.45) is 0 Å². The van der Waals surface area contributed by atoms with Crippen LogP contribution in [0.3, 0.4) is 0 Å². The van der Waals surface area contributed by atoms with Crippen molar-refractivity contribution in [1.82, 2.24) is 0 Å². The molecule has 0 saturated heterocycles. The summed E-state index contributed by atoms with van der Waals surface area (Å²) in [5, 5.41) is 0.797. The first-order valence-electron chi connectivity index (χ1n) is 5.46. The van der Waals surface area contributed by atoms with Crippen LogP contribution < -0.4 is 0 Å². The minimum absolute atomic E-state index is 0.457. The number of thioether (sulfide) groups is 1. The highest BCUT2D eigenvalue weighted by molar-refractivity contribution is 8.00. The number of Topliss-reactive ketones (excluding diaryl/α,β-unsaturated/α-hetero) is 1. The molecule has 0 N–H and O–H groups in total. The predicted octanol–water partition coefficient (Wildman–Crippen LogP) is 3.42. The molecule has 0 aromatic rings. The number of carbonyl (C=O) groups excluding carboxylic acids is 1. The molecule has 0 aromatic heterocycles. The number of ketones is 1. The van der Waals surface area contributed by atoms with E-state index < -0.39 is 0 Å². The summed E-state index contributed by atoms with van der Waals surface area (Å²) in [6, 6.07) is 0. The molecule has 0 spiro atoms. The summed E-state index contributed by atoms with van der Waals surface area (Å²) in [5.41, 5.74) is 0. The summed E-state index contributed by atoms with van der Waals surface area (Å²) in [5.74, 6) is 1.23. The first kappa shape index (κ1) is 11.1. The second-order valence-corrected chi connectivity index (χ2v) is 5.15. The van der Waals surface area contributed by atoms with E-state index in [1.54, 1.807) is 0 Å². The van der Waals surface area contributed by atoms with Crippen molar-refractivity contribution >= 4 is 17.5 Å². The molecule has 0 unspecified atom stereocenters. The lowest BCUT2D eigenvalue weighted by Crippen LogP contribution is -2.05. The van der Waals surface area contributed by atoms with E-state index in [0.29, 0.717) is 5.78 Å². The van der Waals surface area contributed by atoms with Gasteiger partial charge in [0.1, 0.15) is 5.78 Å². The fourth-order valence-electron chi connectivity index (χ4n) is 1.71. The normalized spacial score (nSPS) is 17.9. The van der Waals surface area contributed by atoms with Gasteiger partial charge in [-0.2, -0.15) is 11.8 Å². The SMILES string of the molecule is CCCCC(=O)CSC1CCCC1. The van der Waals surface area contributed by atoms with Gasteiger partial charge in [0, 0.05) is 11.7 Å². The molecule has 0 radical (unpaired) electrons. The standard InChI is InChI=1S/C11H20OS/c1-2-3-6-10(12)9-13-11-7-4-5-8-11/h11H,2-9H2,1H3. The molecule has 1 aliphatic rings. The van der Waals surface area contributed by atoms with Gasteiger partial charge in [0.2, 0.25) is 0 Å². The van der Waals surface area contributed by atoms with Crippen LogP contribution in [0.15, 0.2) is 0 Å². The van der Waals surface area contributed by atoms with Gasteiger partial charge < -0.3 is 0 Å². The molecule has 0 heterocycles. The Morgan fingerprint density at radius 2 is 2.08 bits per heavy atom. The summed E-state index contributed by atoms with van der Waals surface area (Å²) >= 11 is 1.89. The Balaban J connectivity index is 2.00. The highest BCUT2D eigenvalue weighted by Crippen LogP contribution is 2.29. The van der Waals surface area contributed by atoms with Gasteiger partial charge >= 0.3 is 0 Å². The molecular formula is C11H20OS. The molecule has 1 saturated carbocycles. The van der Waals surface area contributed by atoms with Gasteiger partial charge in [-0.3, -0.25) is 4.79 Å². The molecule has 0 atom stereocenters. The summed E-state index contributed by atoms with van der Waals surface area (Å²) in [6.07, 6.45) is 8.44. The molecule has 0 aliphatic heterocycles. The third kappa shape index (κ3) is 4.70. The zero-order chi connectivity index (χ0) is 9.52. The predicted molar refractivity (Wildman–Crippen MR) is 59.2 cm³/mol. The van der Waals surface area contributed by atoms with Crippen LogP contribution in [0.25, 0.3) is 0 Å². The first-order chi connectivity index (χ1) is 6.33. The summed E-state index contributed by atoms with van der Waals surface area (Å²) in [7, 11) is 0. The van der Waals surface area contributed by atoms with Crippen molar-refractivity contribution in [3.05, 3.63) is 0 Å². The highest BCUT2D eigenvalue weighted by Gasteiger charge is 2.16. The van der Waals surface area contributed by atoms with E-state index in [2.05, 4.69) is 6.92 Å². The van der Waals surface area contributed by atoms with Crippen LogP contribution >= 0.6 is 11.8 Å². The third-order valence-corrected chi connectivity index (χ3v) is 4.02. The zero-order valence-electron chi connectivity index (χ0n) is 8.55. The first-order valence-corrected chi connectivity index (χ1v) is 6.51. The van der Waals surface area contributed by atoms with Gasteiger partial charge in [0.05, 0.1) is 5.75 Å². The molecule has 1 rings (SSSR count). The van der Waals surface area contributed by atoms with Gasteiger partial charge in [-0.15, -0.1) is 0 Å². The maximum absolute atomic E-state index is 11.3. The van der Waals surface area contributed by atoms with Crippen LogP contribution in [0.5, 0.6) is 0 Å². The second-order valence-electron chi connectivity index (χ2n) is 3.86. The molecule has 0 aromatic carbocycles. The van der Waals surface area contributed by atoms with Crippen LogP contribution in [0.1, 0.15) is 51.9 Å². The van der Waals surface area contributed by atoms with E-state index in [1.807, 2.05) is 11.8 Å². The lowest BCUT2D eigenvalue weighted by molar-refractivity contribution is -0.116. The number of unbranched alkanes of at least 4 members (excludes halogenated alkanes) is 1. The molecule has 0 amide bonds. The Labute approximate surface area is 85.7 Å². The molecule has 2 heteroatoms. The number of hydrogen-bond donors (Lipinski definition) is 0. The largest absolute Gasteiger partial charge is 0.299 e. The van der Waals surface area contributed by atoms with E-state index in [-0.39, 0.29) is 0 Å². The summed E-state index contributed by atoms with van der Waals surface area (Å²) in [6.45, 7) is 2.14. The van der Waals surface area contributed by atoms with Gasteiger partial charge in [0.25, 0.3) is 0 Å². The fourth-order valence-corrected chi connectivity index (χ4v) is 2.94. The Morgan fingerprint density at radius 3 is 2.69 bits per heavy atom. The lowest BCUT2D eigenvalue weighted by Gasteiger charge is -2.06. The minimum Gasteiger partial charge on any atom is -0.299 e. The van der Waals surface area contributed by atoms with Crippen LogP contribution in [0.2, 0.25) is 0 Å². The Bertz CT molecular complexity index is 150. The summed E-state index contributed by atoms with van der Waals surface area (Å²) < 4.78 is 0. The number of carbonyl (C=O) groups is 1. The topological polar surface area (TPSA) is 17.1 Å². The minimum atomic E-state index is 0.457. The van der Waals surface area contributed by atoms with E-state index in [9.17, 15) is 4.79 Å². The smallest absolute Gasteiger partial charge is 0.142 e. The average Bonchev–Trinajstić information content (AvgIpc) is 2.64. The van der Waals surface area contributed by atoms with Crippen molar-refractivity contribution in [2.45, 2.75) is 57.1 Å². The lowest BCUT2D eigenvalue weighted by atomic mass is 10.2. The Kier molecular flexibility index (Phi) is 5.52. The van der Waals surface area contributed by atoms with E-state index in [1.165, 1.54) is 25.7 Å². The van der Waals surface area contributed by atoms with Crippen LogP contribution in [-0.2, 0) is 4.79 Å². The molecule has 1 fully saturated rings. The zero-order valence-corrected chi connectivity index (χ0v) is 9.37. The van der Waals surface area contributed by atoms with Crippen LogP contribution in [0, 0.1) is 0 Å². The second kappa shape index (κ2) is 6.47. The van der Waals surface area contributed by atoms with Crippen LogP contribution in [-0.4, -0.2) is 16.8 Å². The van der Waals surface area contributed by atoms with Crippen molar-refractivity contribution < 1.29 is 4.79 Å². The molecule has 0 bridgehead atoms. The maximum Gasteiger partial charge on any atom is 0.142 e. The fraction of sp³-hybridized carbons (Fsp3) is 0.909. The van der Waals surface area contributed by atoms with E-state index in [4.69, 9.17) is 0 Å². The molecular weight excluding hydrogens is 180 g/mol. The highest BCUT2D eigenvalue weighted by atomic mass is 32.2. The van der Waals surface area contributed by atoms with Gasteiger partial charge in [-0.1, -0.05) is 26.2 Å². The van der Waals surface area contributed by atoms with Gasteiger partial charge in [-0.05, 0) is 19.3 Å². The van der Waals surface area contributed by atoms with Crippen molar-refractivity contribution in [2.75, 3.05) is 5.75 Å². The quantitative estimate of drug-likeness (QED) is 0.653. The van der Waals surface area contributed by atoms with Crippen LogP contribution in [0.4, 0.5) is 0 Å². The molecule has 1 nitrogen and oxygen atoms in total. The summed E-state index contributed by atoms with van der Waals surface area (Å²) in [4.78, 5) is 11.3. The maximum atomic E-state index is 11.3. The number of hydrogen-bond acceptors (Lipinski definition) is 2. The monoisotopic (exact) mass is 200 g/mol. The van der Waals surface area contributed by atoms with Crippen molar-refractivity contribution in [1.29, 1.82) is 0 Å². The third-order valence-electron chi connectivity index (χ3n) is 2.59. The number of rotatable bonds is 6. The van der Waals surface area contributed by atoms with Crippen molar-refractivity contribution in [3.8, 4) is 0 Å². The van der Waals surface area contributed by atoms with Gasteiger partial charge in [0.15, 0.2) is 0 Å². The Hall–Kier alpha value is 0.0200. The van der Waals surface area contributed by atoms with Crippen molar-refractivity contribution in [3.63, 3.8) is 0 Å². The Morgan fingerprint density at radius 1 is 1.38 bits per heavy atom. The average molecular weight is 200 g/mol. The molecule has 1 aliphatic carbocycles. The van der Waals surface area contributed by atoms with E-state index in [0.717, 1.165) is 30.3 Å². The van der Waals surface area contributed by atoms with E-state index >= 15 is 0 Å². The molecule has 76 valence electrons. The molecule has 13 heavy (non-hydrogen) atoms. The van der Waals surface area contributed by atoms with Gasteiger partial charge in [-0.25, -0.2) is 0 Å².